The molecule has 0 aliphatic carbocycles. The number of alkyl carbamates (subject to hydrolysis) is 1. The molecule has 0 radical (unpaired) electrons. The Hall–Kier alpha value is -4.90. The number of likely N-dealkylation sites (tertiary alicyclic amines) is 1. The van der Waals surface area contributed by atoms with Gasteiger partial charge in [0.15, 0.2) is 0 Å². The summed E-state index contributed by atoms with van der Waals surface area (Å²) in [6.45, 7) is 7.36. The molecule has 5 aromatic rings. The van der Waals surface area contributed by atoms with Crippen molar-refractivity contribution in [3.05, 3.63) is 125 Å². The Kier molecular flexibility index (Phi) is 12.7. The number of halogens is 2. The number of nitrogens with zero attached hydrogens (tertiary/aromatic N) is 3. The minimum absolute atomic E-state index is 0.0581. The topological polar surface area (TPSA) is 87.5 Å². The third-order valence-corrected chi connectivity index (χ3v) is 11.2. The van der Waals surface area contributed by atoms with Gasteiger partial charge in [-0.3, -0.25) is 9.69 Å². The van der Waals surface area contributed by atoms with Crippen LogP contribution in [0.5, 0.6) is 5.75 Å². The molecule has 4 aromatic carbocycles. The third kappa shape index (κ3) is 9.32. The number of benzene rings is 4. The quantitative estimate of drug-likeness (QED) is 0.129. The van der Waals surface area contributed by atoms with E-state index < -0.39 is 12.1 Å². The van der Waals surface area contributed by atoms with E-state index in [0.717, 1.165) is 72.1 Å². The van der Waals surface area contributed by atoms with E-state index in [4.69, 9.17) is 25.5 Å². The lowest BCUT2D eigenvalue weighted by Gasteiger charge is -2.40. The van der Waals surface area contributed by atoms with Crippen LogP contribution >= 0.6 is 11.6 Å². The molecule has 55 heavy (non-hydrogen) atoms. The molecule has 0 saturated carbocycles. The van der Waals surface area contributed by atoms with E-state index in [1.807, 2.05) is 72.5 Å². The number of fused-ring (bicyclic) bond motifs is 1. The second-order valence-electron chi connectivity index (χ2n) is 14.3. The van der Waals surface area contributed by atoms with Crippen molar-refractivity contribution in [2.45, 2.75) is 45.4 Å². The maximum atomic E-state index is 14.8. The van der Waals surface area contributed by atoms with Crippen LogP contribution in [0.25, 0.3) is 22.1 Å². The van der Waals surface area contributed by atoms with E-state index in [0.29, 0.717) is 55.7 Å². The summed E-state index contributed by atoms with van der Waals surface area (Å²) in [5.74, 6) is 0.0858. The first-order chi connectivity index (χ1) is 26.9. The standard InChI is InChI=1S/C44H48ClFN4O5/c1-2-53-40-17-9-15-38(46)35(40)28-49-24-26-50(27-25-49)43(51)42(47-44(52)55-29-31-10-4-3-5-11-31)33-19-22-48(23-20-33)21-18-32-12-8-14-37(45)41(32)36-30-54-39-16-7-6-13-34(36)39/h3-17,30,33,42H,2,18-29H2,1H3,(H,47,52)/t42-/m1/s1. The highest BCUT2D eigenvalue weighted by Crippen LogP contribution is 2.38. The highest BCUT2D eigenvalue weighted by molar-refractivity contribution is 6.34. The Morgan fingerprint density at radius 2 is 1.64 bits per heavy atom. The zero-order valence-corrected chi connectivity index (χ0v) is 32.0. The SMILES string of the molecule is CCOc1cccc(F)c1CN1CCN(C(=O)[C@H](NC(=O)OCc2ccccc2)C2CCN(CCc3cccc(Cl)c3-c3coc4ccccc34)CC2)CC1. The maximum absolute atomic E-state index is 14.8. The summed E-state index contributed by atoms with van der Waals surface area (Å²) in [5.41, 5.74) is 5.36. The van der Waals surface area contributed by atoms with E-state index in [1.165, 1.54) is 6.07 Å². The summed E-state index contributed by atoms with van der Waals surface area (Å²) in [7, 11) is 0. The van der Waals surface area contributed by atoms with Gasteiger partial charge in [0, 0.05) is 66.4 Å². The molecule has 7 rings (SSSR count). The van der Waals surface area contributed by atoms with Crippen molar-refractivity contribution in [2.75, 3.05) is 52.4 Å². The average Bonchev–Trinajstić information content (AvgIpc) is 3.64. The molecule has 0 spiro atoms. The lowest BCUT2D eigenvalue weighted by Crippen LogP contribution is -2.58. The molecule has 2 amide bonds. The lowest BCUT2D eigenvalue weighted by molar-refractivity contribution is -0.137. The Bertz CT molecular complexity index is 2060. The number of carbonyl (C=O) groups is 2. The molecule has 288 valence electrons. The molecule has 2 aliphatic heterocycles. The normalized spacial score (nSPS) is 16.2. The smallest absolute Gasteiger partial charge is 0.408 e. The van der Waals surface area contributed by atoms with Gasteiger partial charge in [0.2, 0.25) is 5.91 Å². The summed E-state index contributed by atoms with van der Waals surface area (Å²) in [5, 5.41) is 4.70. The van der Waals surface area contributed by atoms with Crippen LogP contribution in [0.4, 0.5) is 9.18 Å². The molecule has 2 saturated heterocycles. The zero-order valence-electron chi connectivity index (χ0n) is 31.2. The summed E-state index contributed by atoms with van der Waals surface area (Å²) in [6, 6.07) is 27.7. The summed E-state index contributed by atoms with van der Waals surface area (Å²) < 4.78 is 32.0. The van der Waals surface area contributed by atoms with Crippen LogP contribution in [0.2, 0.25) is 5.02 Å². The van der Waals surface area contributed by atoms with E-state index in [9.17, 15) is 14.0 Å². The molecule has 3 heterocycles. The molecule has 0 bridgehead atoms. The number of piperidine rings is 1. The number of para-hydroxylation sites is 1. The fraction of sp³-hybridized carbons (Fsp3) is 0.364. The van der Waals surface area contributed by atoms with Gasteiger partial charge < -0.3 is 29.0 Å². The highest BCUT2D eigenvalue weighted by atomic mass is 35.5. The van der Waals surface area contributed by atoms with E-state index >= 15 is 0 Å². The maximum Gasteiger partial charge on any atom is 0.408 e. The van der Waals surface area contributed by atoms with Gasteiger partial charge >= 0.3 is 6.09 Å². The third-order valence-electron chi connectivity index (χ3n) is 10.8. The zero-order chi connectivity index (χ0) is 38.1. The van der Waals surface area contributed by atoms with Gasteiger partial charge in [-0.25, -0.2) is 9.18 Å². The van der Waals surface area contributed by atoms with Gasteiger partial charge in [0.1, 0.15) is 29.8 Å². The molecular weight excluding hydrogens is 719 g/mol. The minimum Gasteiger partial charge on any atom is -0.493 e. The number of ether oxygens (including phenoxy) is 2. The Balaban J connectivity index is 0.989. The fourth-order valence-corrected chi connectivity index (χ4v) is 8.14. The van der Waals surface area contributed by atoms with E-state index in [-0.39, 0.29) is 24.2 Å². The number of amides is 2. The lowest BCUT2D eigenvalue weighted by atomic mass is 9.88. The first kappa shape index (κ1) is 38.4. The average molecular weight is 767 g/mol. The second-order valence-corrected chi connectivity index (χ2v) is 14.7. The van der Waals surface area contributed by atoms with Gasteiger partial charge in [-0.2, -0.15) is 0 Å². The van der Waals surface area contributed by atoms with Crippen LogP contribution in [0.3, 0.4) is 0 Å². The molecule has 0 unspecified atom stereocenters. The Labute approximate surface area is 326 Å². The first-order valence-corrected chi connectivity index (χ1v) is 19.6. The van der Waals surface area contributed by atoms with Crippen LogP contribution < -0.4 is 10.1 Å². The van der Waals surface area contributed by atoms with E-state index in [1.54, 1.807) is 18.4 Å². The van der Waals surface area contributed by atoms with Crippen molar-refractivity contribution >= 4 is 34.6 Å². The number of rotatable bonds is 13. The Morgan fingerprint density at radius 1 is 0.891 bits per heavy atom. The number of furan rings is 1. The Morgan fingerprint density at radius 3 is 2.42 bits per heavy atom. The largest absolute Gasteiger partial charge is 0.493 e. The predicted octanol–water partition coefficient (Wildman–Crippen LogP) is 8.18. The summed E-state index contributed by atoms with van der Waals surface area (Å²) in [4.78, 5) is 33.8. The second kappa shape index (κ2) is 18.2. The minimum atomic E-state index is -0.720. The molecule has 11 heteroatoms. The molecular formula is C44H48ClFN4O5. The van der Waals surface area contributed by atoms with Gasteiger partial charge in [-0.1, -0.05) is 78.3 Å². The molecule has 1 atom stereocenters. The molecule has 2 fully saturated rings. The number of carbonyl (C=O) groups excluding carboxylic acids is 2. The summed E-state index contributed by atoms with van der Waals surface area (Å²) in [6.07, 6.45) is 3.48. The molecule has 2 aliphatic rings. The van der Waals surface area contributed by atoms with E-state index in [2.05, 4.69) is 27.2 Å². The van der Waals surface area contributed by atoms with Crippen molar-refractivity contribution in [1.29, 1.82) is 0 Å². The fourth-order valence-electron chi connectivity index (χ4n) is 7.84. The summed E-state index contributed by atoms with van der Waals surface area (Å²) >= 11 is 6.80. The van der Waals surface area contributed by atoms with Crippen molar-refractivity contribution in [2.24, 2.45) is 5.92 Å². The van der Waals surface area contributed by atoms with Crippen LogP contribution in [0.15, 0.2) is 102 Å². The van der Waals surface area contributed by atoms with Crippen molar-refractivity contribution < 1.29 is 27.9 Å². The van der Waals surface area contributed by atoms with Gasteiger partial charge in [-0.05, 0) is 80.6 Å². The van der Waals surface area contributed by atoms with Gasteiger partial charge in [-0.15, -0.1) is 0 Å². The van der Waals surface area contributed by atoms with Crippen LogP contribution in [0.1, 0.15) is 36.5 Å². The van der Waals surface area contributed by atoms with Crippen LogP contribution in [0, 0.1) is 11.7 Å². The first-order valence-electron chi connectivity index (χ1n) is 19.2. The molecule has 1 N–H and O–H groups in total. The van der Waals surface area contributed by atoms with Crippen LogP contribution in [-0.2, 0) is 29.1 Å². The van der Waals surface area contributed by atoms with Crippen molar-refractivity contribution in [3.63, 3.8) is 0 Å². The molecule has 9 nitrogen and oxygen atoms in total. The van der Waals surface area contributed by atoms with Crippen molar-refractivity contribution in [3.8, 4) is 16.9 Å². The number of nitrogens with one attached hydrogen (secondary N) is 1. The van der Waals surface area contributed by atoms with Gasteiger partial charge in [0.05, 0.1) is 12.9 Å². The van der Waals surface area contributed by atoms with Gasteiger partial charge in [0.25, 0.3) is 0 Å². The number of piperazine rings is 1. The number of hydrogen-bond donors (Lipinski definition) is 1. The highest BCUT2D eigenvalue weighted by Gasteiger charge is 2.37. The molecule has 1 aromatic heterocycles. The van der Waals surface area contributed by atoms with Crippen LogP contribution in [-0.4, -0.2) is 85.2 Å². The number of hydrogen-bond acceptors (Lipinski definition) is 7. The predicted molar refractivity (Wildman–Crippen MR) is 213 cm³/mol. The van der Waals surface area contributed by atoms with Crippen molar-refractivity contribution in [1.82, 2.24) is 20.0 Å². The monoisotopic (exact) mass is 766 g/mol.